The first kappa shape index (κ1) is 13.1. The second-order valence-electron chi connectivity index (χ2n) is 4.25. The van der Waals surface area contributed by atoms with E-state index < -0.39 is 0 Å². The van der Waals surface area contributed by atoms with Gasteiger partial charge in [-0.2, -0.15) is 0 Å². The van der Waals surface area contributed by atoms with Crippen LogP contribution in [-0.4, -0.2) is 0 Å². The van der Waals surface area contributed by atoms with E-state index in [2.05, 4.69) is 5.32 Å². The molecule has 0 aromatic heterocycles. The predicted octanol–water partition coefficient (Wildman–Crippen LogP) is 4.33. The highest BCUT2D eigenvalue weighted by molar-refractivity contribution is 6.30. The van der Waals surface area contributed by atoms with Gasteiger partial charge >= 0.3 is 0 Å². The third kappa shape index (κ3) is 3.31. The van der Waals surface area contributed by atoms with E-state index >= 15 is 0 Å². The minimum Gasteiger partial charge on any atom is -0.306 e. The Balaban J connectivity index is 1.98. The normalized spacial score (nSPS) is 12.4. The van der Waals surface area contributed by atoms with Gasteiger partial charge in [0, 0.05) is 23.2 Å². The van der Waals surface area contributed by atoms with Crippen molar-refractivity contribution in [1.82, 2.24) is 5.32 Å². The van der Waals surface area contributed by atoms with E-state index in [0.29, 0.717) is 12.1 Å². The SMILES string of the molecule is C[C@@H](NCc1ccc(Cl)cc1)c1ccccc1F. The van der Waals surface area contributed by atoms with Gasteiger partial charge in [-0.1, -0.05) is 41.9 Å². The van der Waals surface area contributed by atoms with Gasteiger partial charge in [0.25, 0.3) is 0 Å². The molecule has 0 fully saturated rings. The second-order valence-corrected chi connectivity index (χ2v) is 4.69. The van der Waals surface area contributed by atoms with E-state index in [1.807, 2.05) is 37.3 Å². The Bertz CT molecular complexity index is 510. The molecule has 2 rings (SSSR count). The summed E-state index contributed by atoms with van der Waals surface area (Å²) in [6, 6.07) is 14.4. The zero-order valence-electron chi connectivity index (χ0n) is 10.2. The molecule has 1 N–H and O–H groups in total. The van der Waals surface area contributed by atoms with E-state index in [0.717, 1.165) is 10.6 Å². The standard InChI is InChI=1S/C15H15ClFN/c1-11(14-4-2-3-5-15(14)17)18-10-12-6-8-13(16)9-7-12/h2-9,11,18H,10H2,1H3/t11-/m1/s1. The Kier molecular flexibility index (Phi) is 4.34. The fourth-order valence-electron chi connectivity index (χ4n) is 1.81. The molecule has 0 aliphatic rings. The van der Waals surface area contributed by atoms with Crippen molar-refractivity contribution in [3.8, 4) is 0 Å². The molecule has 0 saturated heterocycles. The summed E-state index contributed by atoms with van der Waals surface area (Å²) in [6.45, 7) is 2.64. The summed E-state index contributed by atoms with van der Waals surface area (Å²) in [5.74, 6) is -0.173. The lowest BCUT2D eigenvalue weighted by Crippen LogP contribution is -2.19. The molecule has 0 radical (unpaired) electrons. The van der Waals surface area contributed by atoms with Gasteiger partial charge in [0.1, 0.15) is 5.82 Å². The first-order chi connectivity index (χ1) is 8.66. The molecule has 2 aromatic carbocycles. The van der Waals surface area contributed by atoms with Crippen LogP contribution in [-0.2, 0) is 6.54 Å². The third-order valence-corrected chi connectivity index (χ3v) is 3.15. The molecule has 1 atom stereocenters. The van der Waals surface area contributed by atoms with Crippen molar-refractivity contribution in [3.05, 3.63) is 70.5 Å². The zero-order chi connectivity index (χ0) is 13.0. The number of halogens is 2. The minimum atomic E-state index is -0.173. The summed E-state index contributed by atoms with van der Waals surface area (Å²) >= 11 is 5.82. The van der Waals surface area contributed by atoms with Crippen molar-refractivity contribution in [2.24, 2.45) is 0 Å². The van der Waals surface area contributed by atoms with Crippen LogP contribution in [0.5, 0.6) is 0 Å². The van der Waals surface area contributed by atoms with Crippen LogP contribution in [0.2, 0.25) is 5.02 Å². The van der Waals surface area contributed by atoms with Gasteiger partial charge in [-0.25, -0.2) is 4.39 Å². The molecule has 2 aromatic rings. The highest BCUT2D eigenvalue weighted by atomic mass is 35.5. The predicted molar refractivity (Wildman–Crippen MR) is 73.1 cm³/mol. The summed E-state index contributed by atoms with van der Waals surface area (Å²) < 4.78 is 13.6. The molecule has 0 heterocycles. The molecule has 0 unspecified atom stereocenters. The maximum absolute atomic E-state index is 13.6. The molecule has 0 bridgehead atoms. The third-order valence-electron chi connectivity index (χ3n) is 2.90. The van der Waals surface area contributed by atoms with Crippen molar-refractivity contribution in [3.63, 3.8) is 0 Å². The summed E-state index contributed by atoms with van der Waals surface area (Å²) in [4.78, 5) is 0. The van der Waals surface area contributed by atoms with Crippen molar-refractivity contribution < 1.29 is 4.39 Å². The zero-order valence-corrected chi connectivity index (χ0v) is 10.9. The molecule has 0 aliphatic carbocycles. The Hall–Kier alpha value is -1.38. The van der Waals surface area contributed by atoms with E-state index in [9.17, 15) is 4.39 Å². The van der Waals surface area contributed by atoms with Gasteiger partial charge in [0.05, 0.1) is 0 Å². The highest BCUT2D eigenvalue weighted by Crippen LogP contribution is 2.17. The Morgan fingerprint density at radius 2 is 1.78 bits per heavy atom. The lowest BCUT2D eigenvalue weighted by atomic mass is 10.1. The first-order valence-corrected chi connectivity index (χ1v) is 6.27. The van der Waals surface area contributed by atoms with Crippen molar-refractivity contribution in [1.29, 1.82) is 0 Å². The van der Waals surface area contributed by atoms with Crippen LogP contribution >= 0.6 is 11.6 Å². The van der Waals surface area contributed by atoms with E-state index in [4.69, 9.17) is 11.6 Å². The van der Waals surface area contributed by atoms with E-state index in [-0.39, 0.29) is 11.9 Å². The Labute approximate surface area is 112 Å². The van der Waals surface area contributed by atoms with E-state index in [1.165, 1.54) is 6.07 Å². The van der Waals surface area contributed by atoms with Crippen molar-refractivity contribution >= 4 is 11.6 Å². The number of hydrogen-bond donors (Lipinski definition) is 1. The second kappa shape index (κ2) is 5.98. The van der Waals surface area contributed by atoms with Crippen LogP contribution in [0.25, 0.3) is 0 Å². The molecule has 94 valence electrons. The molecular formula is C15H15ClFN. The minimum absolute atomic E-state index is 0.0260. The molecule has 0 spiro atoms. The quantitative estimate of drug-likeness (QED) is 0.866. The molecule has 0 amide bonds. The summed E-state index contributed by atoms with van der Waals surface area (Å²) in [6.07, 6.45) is 0. The average Bonchev–Trinajstić information content (AvgIpc) is 2.38. The number of hydrogen-bond acceptors (Lipinski definition) is 1. The Morgan fingerprint density at radius 1 is 1.11 bits per heavy atom. The van der Waals surface area contributed by atoms with Crippen LogP contribution < -0.4 is 5.32 Å². The van der Waals surface area contributed by atoms with Gasteiger partial charge in [-0.15, -0.1) is 0 Å². The highest BCUT2D eigenvalue weighted by Gasteiger charge is 2.09. The topological polar surface area (TPSA) is 12.0 Å². The van der Waals surface area contributed by atoms with Crippen molar-refractivity contribution in [2.75, 3.05) is 0 Å². The molecule has 0 saturated carbocycles. The molecule has 1 nitrogen and oxygen atoms in total. The van der Waals surface area contributed by atoms with Gasteiger partial charge in [0.2, 0.25) is 0 Å². The molecule has 3 heteroatoms. The fraction of sp³-hybridized carbons (Fsp3) is 0.200. The fourth-order valence-corrected chi connectivity index (χ4v) is 1.94. The van der Waals surface area contributed by atoms with Gasteiger partial charge in [-0.3, -0.25) is 0 Å². The first-order valence-electron chi connectivity index (χ1n) is 5.89. The monoisotopic (exact) mass is 263 g/mol. The maximum Gasteiger partial charge on any atom is 0.127 e. The molecular weight excluding hydrogens is 249 g/mol. The summed E-state index contributed by atoms with van der Waals surface area (Å²) in [5.41, 5.74) is 1.81. The summed E-state index contributed by atoms with van der Waals surface area (Å²) in [7, 11) is 0. The lowest BCUT2D eigenvalue weighted by Gasteiger charge is -2.15. The largest absolute Gasteiger partial charge is 0.306 e. The number of nitrogens with one attached hydrogen (secondary N) is 1. The average molecular weight is 264 g/mol. The lowest BCUT2D eigenvalue weighted by molar-refractivity contribution is 0.528. The molecule has 18 heavy (non-hydrogen) atoms. The maximum atomic E-state index is 13.6. The molecule has 0 aliphatic heterocycles. The van der Waals surface area contributed by atoms with E-state index in [1.54, 1.807) is 12.1 Å². The van der Waals surface area contributed by atoms with Crippen LogP contribution in [0.4, 0.5) is 4.39 Å². The van der Waals surface area contributed by atoms with Crippen LogP contribution in [0, 0.1) is 5.82 Å². The number of rotatable bonds is 4. The van der Waals surface area contributed by atoms with Gasteiger partial charge in [-0.05, 0) is 30.7 Å². The van der Waals surface area contributed by atoms with Gasteiger partial charge < -0.3 is 5.32 Å². The van der Waals surface area contributed by atoms with Crippen LogP contribution in [0.15, 0.2) is 48.5 Å². The summed E-state index contributed by atoms with van der Waals surface area (Å²) in [5, 5.41) is 4.02. The van der Waals surface area contributed by atoms with Crippen LogP contribution in [0.1, 0.15) is 24.1 Å². The smallest absolute Gasteiger partial charge is 0.127 e. The van der Waals surface area contributed by atoms with Crippen LogP contribution in [0.3, 0.4) is 0 Å². The number of benzene rings is 2. The van der Waals surface area contributed by atoms with Crippen molar-refractivity contribution in [2.45, 2.75) is 19.5 Å². The Morgan fingerprint density at radius 3 is 2.44 bits per heavy atom. The van der Waals surface area contributed by atoms with Gasteiger partial charge in [0.15, 0.2) is 0 Å².